The van der Waals surface area contributed by atoms with Crippen molar-refractivity contribution in [2.45, 2.75) is 13.8 Å². The van der Waals surface area contributed by atoms with Crippen LogP contribution in [0.4, 0.5) is 0 Å². The Morgan fingerprint density at radius 1 is 1.12 bits per heavy atom. The van der Waals surface area contributed by atoms with Gasteiger partial charge in [0.05, 0.1) is 6.61 Å². The van der Waals surface area contributed by atoms with Gasteiger partial charge in [-0.3, -0.25) is 0 Å². The Labute approximate surface area is 96.4 Å². The van der Waals surface area contributed by atoms with Crippen LogP contribution in [0.2, 0.25) is 0 Å². The van der Waals surface area contributed by atoms with E-state index in [1.807, 2.05) is 19.9 Å². The molecule has 0 unspecified atom stereocenters. The fourth-order valence-corrected chi connectivity index (χ4v) is 1.75. The molecule has 0 aliphatic rings. The number of hydrogen-bond acceptors (Lipinski definition) is 1. The Balaban J connectivity index is 2.48. The van der Waals surface area contributed by atoms with Gasteiger partial charge >= 0.3 is 0 Å². The fraction of sp³-hybridized carbons (Fsp3) is 0.200. The Bertz CT molecular complexity index is 526. The van der Waals surface area contributed by atoms with E-state index in [-0.39, 0.29) is 0 Å². The van der Waals surface area contributed by atoms with E-state index in [0.717, 1.165) is 11.3 Å². The van der Waals surface area contributed by atoms with Crippen molar-refractivity contribution < 1.29 is 4.74 Å². The Hall–Kier alpha value is -1.76. The summed E-state index contributed by atoms with van der Waals surface area (Å²) in [6.45, 7) is 8.68. The third-order valence-electron chi connectivity index (χ3n) is 2.62. The van der Waals surface area contributed by atoms with E-state index >= 15 is 0 Å². The number of allylic oxidation sites excluding steroid dienone is 1. The number of benzene rings is 2. The molecule has 0 radical (unpaired) electrons. The minimum atomic E-state index is 0.704. The van der Waals surface area contributed by atoms with Crippen LogP contribution < -0.4 is 4.74 Å². The molecule has 2 rings (SSSR count). The Morgan fingerprint density at radius 3 is 2.50 bits per heavy atom. The number of hydrogen-bond donors (Lipinski definition) is 0. The molecule has 0 aromatic heterocycles. The SMILES string of the molecule is C=C(C)c1ccc2cc(OCC)ccc2c1. The molecule has 0 aliphatic carbocycles. The summed E-state index contributed by atoms with van der Waals surface area (Å²) in [6, 6.07) is 12.5. The topological polar surface area (TPSA) is 9.23 Å². The van der Waals surface area contributed by atoms with Crippen LogP contribution in [0.1, 0.15) is 19.4 Å². The molecule has 82 valence electrons. The molecule has 16 heavy (non-hydrogen) atoms. The summed E-state index contributed by atoms with van der Waals surface area (Å²) in [5.74, 6) is 0.929. The highest BCUT2D eigenvalue weighted by molar-refractivity contribution is 5.87. The molecule has 2 aromatic carbocycles. The average Bonchev–Trinajstić information content (AvgIpc) is 2.28. The summed E-state index contributed by atoms with van der Waals surface area (Å²) in [7, 11) is 0. The third-order valence-corrected chi connectivity index (χ3v) is 2.62. The second kappa shape index (κ2) is 4.40. The van der Waals surface area contributed by atoms with E-state index in [2.05, 4.69) is 36.9 Å². The van der Waals surface area contributed by atoms with Crippen molar-refractivity contribution >= 4 is 16.3 Å². The summed E-state index contributed by atoms with van der Waals surface area (Å²) >= 11 is 0. The fourth-order valence-electron chi connectivity index (χ4n) is 1.75. The molecule has 0 aliphatic heterocycles. The van der Waals surface area contributed by atoms with E-state index < -0.39 is 0 Å². The first-order valence-corrected chi connectivity index (χ1v) is 5.53. The van der Waals surface area contributed by atoms with E-state index in [1.165, 1.54) is 16.3 Å². The monoisotopic (exact) mass is 212 g/mol. The molecule has 0 bridgehead atoms. The van der Waals surface area contributed by atoms with Crippen LogP contribution in [-0.2, 0) is 0 Å². The largest absolute Gasteiger partial charge is 0.494 e. The van der Waals surface area contributed by atoms with E-state index in [1.54, 1.807) is 0 Å². The smallest absolute Gasteiger partial charge is 0.119 e. The maximum atomic E-state index is 5.47. The van der Waals surface area contributed by atoms with Gasteiger partial charge < -0.3 is 4.74 Å². The quantitative estimate of drug-likeness (QED) is 0.738. The maximum Gasteiger partial charge on any atom is 0.119 e. The van der Waals surface area contributed by atoms with Crippen molar-refractivity contribution in [3.05, 3.63) is 48.5 Å². The van der Waals surface area contributed by atoms with Gasteiger partial charge in [-0.05, 0) is 48.4 Å². The molecule has 0 amide bonds. The zero-order chi connectivity index (χ0) is 11.5. The first kappa shape index (κ1) is 10.7. The number of rotatable bonds is 3. The molecule has 0 saturated carbocycles. The standard InChI is InChI=1S/C15H16O/c1-4-16-15-8-7-13-9-12(11(2)3)5-6-14(13)10-15/h5-10H,2,4H2,1,3H3. The molecule has 0 saturated heterocycles. The Morgan fingerprint density at radius 2 is 1.81 bits per heavy atom. The average molecular weight is 212 g/mol. The number of fused-ring (bicyclic) bond motifs is 1. The van der Waals surface area contributed by atoms with Crippen molar-refractivity contribution in [3.8, 4) is 5.75 Å². The molecule has 1 nitrogen and oxygen atoms in total. The molecule has 0 fully saturated rings. The second-order valence-corrected chi connectivity index (χ2v) is 3.94. The summed E-state index contributed by atoms with van der Waals surface area (Å²) < 4.78 is 5.47. The van der Waals surface area contributed by atoms with Crippen LogP contribution in [0.15, 0.2) is 43.0 Å². The van der Waals surface area contributed by atoms with Gasteiger partial charge in [0.25, 0.3) is 0 Å². The zero-order valence-electron chi connectivity index (χ0n) is 9.79. The summed E-state index contributed by atoms with van der Waals surface area (Å²) in [5, 5.41) is 2.43. The highest BCUT2D eigenvalue weighted by Crippen LogP contribution is 2.24. The molecule has 0 atom stereocenters. The van der Waals surface area contributed by atoms with Crippen LogP contribution in [0.25, 0.3) is 16.3 Å². The maximum absolute atomic E-state index is 5.47. The van der Waals surface area contributed by atoms with Crippen molar-refractivity contribution in [3.63, 3.8) is 0 Å². The van der Waals surface area contributed by atoms with E-state index in [9.17, 15) is 0 Å². The number of ether oxygens (including phenoxy) is 1. The molecule has 1 heteroatoms. The lowest BCUT2D eigenvalue weighted by molar-refractivity contribution is 0.341. The third kappa shape index (κ3) is 2.08. The van der Waals surface area contributed by atoms with Gasteiger partial charge in [-0.1, -0.05) is 30.4 Å². The first-order chi connectivity index (χ1) is 7.70. The van der Waals surface area contributed by atoms with Crippen molar-refractivity contribution in [2.75, 3.05) is 6.61 Å². The van der Waals surface area contributed by atoms with Crippen LogP contribution >= 0.6 is 0 Å². The first-order valence-electron chi connectivity index (χ1n) is 5.53. The Kier molecular flexibility index (Phi) is 2.95. The van der Waals surface area contributed by atoms with Crippen molar-refractivity contribution in [1.82, 2.24) is 0 Å². The van der Waals surface area contributed by atoms with Gasteiger partial charge in [-0.2, -0.15) is 0 Å². The minimum Gasteiger partial charge on any atom is -0.494 e. The predicted octanol–water partition coefficient (Wildman–Crippen LogP) is 4.27. The lowest BCUT2D eigenvalue weighted by Gasteiger charge is -2.06. The van der Waals surface area contributed by atoms with Gasteiger partial charge in [0.15, 0.2) is 0 Å². The van der Waals surface area contributed by atoms with Crippen LogP contribution in [0.5, 0.6) is 5.75 Å². The highest BCUT2D eigenvalue weighted by atomic mass is 16.5. The highest BCUT2D eigenvalue weighted by Gasteiger charge is 1.99. The van der Waals surface area contributed by atoms with Gasteiger partial charge in [-0.15, -0.1) is 0 Å². The summed E-state index contributed by atoms with van der Waals surface area (Å²) in [4.78, 5) is 0. The van der Waals surface area contributed by atoms with E-state index in [4.69, 9.17) is 4.74 Å². The second-order valence-electron chi connectivity index (χ2n) is 3.94. The van der Waals surface area contributed by atoms with Gasteiger partial charge in [0.1, 0.15) is 5.75 Å². The lowest BCUT2D eigenvalue weighted by atomic mass is 10.0. The minimum absolute atomic E-state index is 0.704. The molecule has 2 aromatic rings. The molecule has 0 spiro atoms. The zero-order valence-corrected chi connectivity index (χ0v) is 9.79. The van der Waals surface area contributed by atoms with Gasteiger partial charge in [-0.25, -0.2) is 0 Å². The van der Waals surface area contributed by atoms with Crippen LogP contribution in [-0.4, -0.2) is 6.61 Å². The van der Waals surface area contributed by atoms with Crippen molar-refractivity contribution in [2.24, 2.45) is 0 Å². The van der Waals surface area contributed by atoms with Crippen LogP contribution in [0.3, 0.4) is 0 Å². The molecule has 0 N–H and O–H groups in total. The summed E-state index contributed by atoms with van der Waals surface area (Å²) in [5.41, 5.74) is 2.28. The molecule has 0 heterocycles. The lowest BCUT2D eigenvalue weighted by Crippen LogP contribution is -1.90. The van der Waals surface area contributed by atoms with Crippen molar-refractivity contribution in [1.29, 1.82) is 0 Å². The molecular formula is C15H16O. The van der Waals surface area contributed by atoms with Gasteiger partial charge in [0.2, 0.25) is 0 Å². The normalized spacial score (nSPS) is 10.4. The summed E-state index contributed by atoms with van der Waals surface area (Å²) in [6.07, 6.45) is 0. The van der Waals surface area contributed by atoms with E-state index in [0.29, 0.717) is 6.61 Å². The predicted molar refractivity (Wildman–Crippen MR) is 69.8 cm³/mol. The molecular weight excluding hydrogens is 196 g/mol. The van der Waals surface area contributed by atoms with Crippen LogP contribution in [0, 0.1) is 0 Å². The van der Waals surface area contributed by atoms with Gasteiger partial charge in [0, 0.05) is 0 Å².